The van der Waals surface area contributed by atoms with Gasteiger partial charge in [-0.05, 0) is 18.4 Å². The highest BCUT2D eigenvalue weighted by molar-refractivity contribution is 6.03. The van der Waals surface area contributed by atoms with Crippen LogP contribution in [-0.4, -0.2) is 63.8 Å². The van der Waals surface area contributed by atoms with E-state index in [4.69, 9.17) is 4.74 Å². The number of fused-ring (bicyclic) bond motifs is 2. The first kappa shape index (κ1) is 27.5. The van der Waals surface area contributed by atoms with Crippen molar-refractivity contribution in [3.05, 3.63) is 59.0 Å². The van der Waals surface area contributed by atoms with Crippen LogP contribution in [0, 0.1) is 46.3 Å². The van der Waals surface area contributed by atoms with E-state index >= 15 is 0 Å². The molecule has 3 aliphatic rings. The predicted octanol–water partition coefficient (Wildman–Crippen LogP) is 4.00. The molecule has 2 fully saturated rings. The Morgan fingerprint density at radius 1 is 1.14 bits per heavy atom. The Morgan fingerprint density at radius 3 is 2.57 bits per heavy atom. The van der Waals surface area contributed by atoms with Crippen molar-refractivity contribution in [2.24, 2.45) is 5.92 Å². The second-order valence-electron chi connectivity index (χ2n) is 10.9. The average molecular weight is 588 g/mol. The monoisotopic (exact) mass is 587 g/mol. The molecule has 2 aromatic carbocycles. The van der Waals surface area contributed by atoms with Crippen LogP contribution in [-0.2, 0) is 9.59 Å². The smallest absolute Gasteiger partial charge is 0.270 e. The lowest BCUT2D eigenvalue weighted by Crippen LogP contribution is -2.55. The van der Waals surface area contributed by atoms with Gasteiger partial charge in [0.1, 0.15) is 35.1 Å². The molecule has 0 bridgehead atoms. The zero-order valence-corrected chi connectivity index (χ0v) is 21.9. The summed E-state index contributed by atoms with van der Waals surface area (Å²) in [5, 5.41) is 11.9. The number of anilines is 1. The molecule has 2 N–H and O–H groups in total. The summed E-state index contributed by atoms with van der Waals surface area (Å²) in [4.78, 5) is 45.1. The van der Waals surface area contributed by atoms with Gasteiger partial charge in [0.2, 0.25) is 11.5 Å². The highest BCUT2D eigenvalue weighted by Gasteiger charge is 2.57. The van der Waals surface area contributed by atoms with Crippen molar-refractivity contribution in [2.75, 3.05) is 18.9 Å². The molecule has 1 spiro atoms. The number of amides is 3. The van der Waals surface area contributed by atoms with Crippen LogP contribution in [0.2, 0.25) is 0 Å². The normalized spacial score (nSPS) is 22.0. The molecule has 3 aromatic rings. The number of rotatable bonds is 5. The van der Waals surface area contributed by atoms with E-state index in [2.05, 4.69) is 10.3 Å². The minimum absolute atomic E-state index is 0.0880. The van der Waals surface area contributed by atoms with E-state index in [9.17, 15) is 41.6 Å². The standard InChI is InChI=1S/C28H22F5N5O4/c1-37(25(39)19-7-15-16(30)8-17(31)22(33)23(15)35-19)20(4-12-2-3-12)26(40)38-11-28(9-14(38)10-34)27(41)36-24-18(32)5-13(29)6-21(24)42-28/h5-8,12,14,20,35H,2-4,9,11H2,1H3,(H,36,41)/t14-,20-,28+/m0/s1. The molecule has 0 unspecified atom stereocenters. The summed E-state index contributed by atoms with van der Waals surface area (Å²) in [6.07, 6.45) is 1.48. The second kappa shape index (κ2) is 9.71. The Hall–Kier alpha value is -4.67. The maximum atomic E-state index is 14.3. The zero-order valence-electron chi connectivity index (χ0n) is 21.9. The third kappa shape index (κ3) is 4.40. The first-order valence-electron chi connectivity index (χ1n) is 13.1. The Balaban J connectivity index is 1.30. The van der Waals surface area contributed by atoms with Gasteiger partial charge in [0, 0.05) is 37.1 Å². The van der Waals surface area contributed by atoms with Gasteiger partial charge >= 0.3 is 0 Å². The SMILES string of the molecule is CN(C(=O)c1cc2c(F)cc(F)c(F)c2[nH]1)[C@@H](CC1CC1)C(=O)N1C[C@@]2(C[C@H]1C#N)Oc1cc(F)cc(F)c1NC2=O. The fraction of sp³-hybridized carbons (Fsp3) is 0.357. The molecule has 1 saturated heterocycles. The third-order valence-electron chi connectivity index (χ3n) is 8.05. The first-order valence-corrected chi connectivity index (χ1v) is 13.1. The lowest BCUT2D eigenvalue weighted by molar-refractivity contribution is -0.138. The average Bonchev–Trinajstić information content (AvgIpc) is 3.52. The van der Waals surface area contributed by atoms with E-state index in [0.717, 1.165) is 34.8 Å². The van der Waals surface area contributed by atoms with E-state index in [0.29, 0.717) is 12.1 Å². The number of H-pyrrole nitrogens is 1. The van der Waals surface area contributed by atoms with Gasteiger partial charge in [-0.15, -0.1) is 0 Å². The molecule has 0 radical (unpaired) electrons. The molecule has 6 rings (SSSR count). The lowest BCUT2D eigenvalue weighted by atomic mass is 9.97. The maximum Gasteiger partial charge on any atom is 0.270 e. The molecule has 2 aliphatic heterocycles. The Kier molecular flexibility index (Phi) is 6.36. The summed E-state index contributed by atoms with van der Waals surface area (Å²) >= 11 is 0. The van der Waals surface area contributed by atoms with Gasteiger partial charge < -0.3 is 24.8 Å². The number of ether oxygens (including phenoxy) is 1. The van der Waals surface area contributed by atoms with E-state index < -0.39 is 76.6 Å². The number of nitrogens with zero attached hydrogens (tertiary/aromatic N) is 3. The molecule has 14 heteroatoms. The zero-order chi connectivity index (χ0) is 30.1. The molecule has 1 saturated carbocycles. The van der Waals surface area contributed by atoms with Crippen molar-refractivity contribution in [3.63, 3.8) is 0 Å². The molecule has 1 aliphatic carbocycles. The van der Waals surface area contributed by atoms with Crippen LogP contribution < -0.4 is 10.1 Å². The number of halogens is 5. The third-order valence-corrected chi connectivity index (χ3v) is 8.05. The van der Waals surface area contributed by atoms with Crippen molar-refractivity contribution in [2.45, 2.75) is 43.4 Å². The number of carbonyl (C=O) groups excluding carboxylic acids is 3. The summed E-state index contributed by atoms with van der Waals surface area (Å²) < 4.78 is 76.2. The fourth-order valence-corrected chi connectivity index (χ4v) is 5.61. The molecular weight excluding hydrogens is 565 g/mol. The summed E-state index contributed by atoms with van der Waals surface area (Å²) in [7, 11) is 1.31. The quantitative estimate of drug-likeness (QED) is 0.346. The van der Waals surface area contributed by atoms with E-state index in [1.165, 1.54) is 7.05 Å². The Bertz CT molecular complexity index is 1720. The number of benzene rings is 2. The summed E-state index contributed by atoms with van der Waals surface area (Å²) in [5.74, 6) is -8.45. The van der Waals surface area contributed by atoms with Crippen LogP contribution in [0.1, 0.15) is 36.2 Å². The van der Waals surface area contributed by atoms with Crippen molar-refractivity contribution in [1.82, 2.24) is 14.8 Å². The number of aromatic nitrogens is 1. The highest BCUT2D eigenvalue weighted by Crippen LogP contribution is 2.43. The number of aromatic amines is 1. The maximum absolute atomic E-state index is 14.3. The van der Waals surface area contributed by atoms with E-state index in [1.807, 2.05) is 6.07 Å². The second-order valence-corrected chi connectivity index (χ2v) is 10.9. The largest absolute Gasteiger partial charge is 0.473 e. The van der Waals surface area contributed by atoms with Gasteiger partial charge in [0.25, 0.3) is 11.8 Å². The number of likely N-dealkylation sites (tertiary alicyclic amines) is 1. The summed E-state index contributed by atoms with van der Waals surface area (Å²) in [6.45, 7) is -0.446. The van der Waals surface area contributed by atoms with Gasteiger partial charge in [0.15, 0.2) is 23.2 Å². The molecule has 1 aromatic heterocycles. The van der Waals surface area contributed by atoms with E-state index in [-0.39, 0.29) is 41.3 Å². The minimum Gasteiger partial charge on any atom is -0.473 e. The first-order chi connectivity index (χ1) is 19.9. The number of carbonyl (C=O) groups is 3. The van der Waals surface area contributed by atoms with E-state index in [1.54, 1.807) is 0 Å². The molecule has 3 heterocycles. The minimum atomic E-state index is -1.83. The van der Waals surface area contributed by atoms with Crippen molar-refractivity contribution < 1.29 is 41.1 Å². The molecule has 3 amide bonds. The van der Waals surface area contributed by atoms with Crippen molar-refractivity contribution in [1.29, 1.82) is 5.26 Å². The van der Waals surface area contributed by atoms with Crippen LogP contribution in [0.15, 0.2) is 24.3 Å². The molecule has 218 valence electrons. The summed E-state index contributed by atoms with van der Waals surface area (Å²) in [6, 6.07) is 2.46. The topological polar surface area (TPSA) is 119 Å². The van der Waals surface area contributed by atoms with Gasteiger partial charge in [-0.2, -0.15) is 5.26 Å². The molecule has 9 nitrogen and oxygen atoms in total. The number of hydrogen-bond acceptors (Lipinski definition) is 5. The fourth-order valence-electron chi connectivity index (χ4n) is 5.61. The van der Waals surface area contributed by atoms with Crippen molar-refractivity contribution >= 4 is 34.3 Å². The predicted molar refractivity (Wildman–Crippen MR) is 135 cm³/mol. The molecular formula is C28H22F5N5O4. The van der Waals surface area contributed by atoms with Gasteiger partial charge in [-0.1, -0.05) is 12.8 Å². The number of likely N-dealkylation sites (N-methyl/N-ethyl adjacent to an activating group) is 1. The number of nitriles is 1. The van der Waals surface area contributed by atoms with Crippen molar-refractivity contribution in [3.8, 4) is 11.8 Å². The van der Waals surface area contributed by atoms with Crippen LogP contribution in [0.4, 0.5) is 27.6 Å². The van der Waals surface area contributed by atoms with Gasteiger partial charge in [-0.25, -0.2) is 22.0 Å². The highest BCUT2D eigenvalue weighted by atomic mass is 19.2. The van der Waals surface area contributed by atoms with Crippen LogP contribution in [0.25, 0.3) is 10.9 Å². The van der Waals surface area contributed by atoms with Gasteiger partial charge in [0.05, 0.1) is 18.1 Å². The summed E-state index contributed by atoms with van der Waals surface area (Å²) in [5.41, 5.74) is -3.04. The molecule has 3 atom stereocenters. The van der Waals surface area contributed by atoms with Crippen LogP contribution in [0.5, 0.6) is 5.75 Å². The Labute approximate surface area is 234 Å². The number of nitrogens with one attached hydrogen (secondary N) is 2. The number of hydrogen-bond donors (Lipinski definition) is 2. The van der Waals surface area contributed by atoms with Crippen LogP contribution >= 0.6 is 0 Å². The molecule has 42 heavy (non-hydrogen) atoms. The lowest BCUT2D eigenvalue weighted by Gasteiger charge is -2.35. The Morgan fingerprint density at radius 2 is 1.88 bits per heavy atom. The van der Waals surface area contributed by atoms with Gasteiger partial charge in [-0.3, -0.25) is 14.4 Å². The van der Waals surface area contributed by atoms with Crippen LogP contribution in [0.3, 0.4) is 0 Å².